The first-order valence-electron chi connectivity index (χ1n) is 4.58. The Hall–Kier alpha value is -1.78. The van der Waals surface area contributed by atoms with Gasteiger partial charge in [-0.3, -0.25) is 14.5 Å². The van der Waals surface area contributed by atoms with Crippen LogP contribution in [-0.4, -0.2) is 29.2 Å². The monoisotopic (exact) mass is 224 g/mol. The minimum Gasteiger partial charge on any atom is -0.269 e. The number of halogens is 2. The zero-order valence-corrected chi connectivity index (χ0v) is 8.24. The smallest absolute Gasteiger partial charge is 0.266 e. The molecule has 0 aliphatic carbocycles. The van der Waals surface area contributed by atoms with E-state index in [1.807, 2.05) is 0 Å². The molecule has 5 heteroatoms. The molecule has 0 saturated heterocycles. The van der Waals surface area contributed by atoms with Gasteiger partial charge in [0.2, 0.25) is 0 Å². The number of hydrogen-bond acceptors (Lipinski definition) is 2. The van der Waals surface area contributed by atoms with Crippen LogP contribution in [0.3, 0.4) is 0 Å². The van der Waals surface area contributed by atoms with Crippen molar-refractivity contribution in [2.24, 2.45) is 0 Å². The lowest BCUT2D eigenvalue weighted by Gasteiger charge is -2.18. The molecule has 2 amide bonds. The SMILES string of the molecule is [CH2]C(F)(F)CN1C(=O)c2ccccc2C1=O. The number of amides is 2. The van der Waals surface area contributed by atoms with Gasteiger partial charge in [0.15, 0.2) is 0 Å². The fourth-order valence-corrected chi connectivity index (χ4v) is 1.61. The van der Waals surface area contributed by atoms with Crippen LogP contribution in [0.1, 0.15) is 20.7 Å². The second kappa shape index (κ2) is 3.37. The molecule has 1 aliphatic rings. The first kappa shape index (κ1) is 10.7. The second-order valence-corrected chi connectivity index (χ2v) is 3.60. The Kier molecular flexibility index (Phi) is 2.26. The van der Waals surface area contributed by atoms with Crippen LogP contribution >= 0.6 is 0 Å². The van der Waals surface area contributed by atoms with E-state index in [9.17, 15) is 18.4 Å². The van der Waals surface area contributed by atoms with Gasteiger partial charge in [0.25, 0.3) is 17.7 Å². The molecular weight excluding hydrogens is 216 g/mol. The summed E-state index contributed by atoms with van der Waals surface area (Å²) < 4.78 is 25.4. The average Bonchev–Trinajstić information content (AvgIpc) is 2.43. The molecule has 1 aromatic rings. The van der Waals surface area contributed by atoms with E-state index < -0.39 is 24.3 Å². The molecule has 0 atom stereocenters. The molecule has 0 spiro atoms. The third-order valence-electron chi connectivity index (χ3n) is 2.27. The molecular formula is C11H8F2NO2. The van der Waals surface area contributed by atoms with Crippen molar-refractivity contribution < 1.29 is 18.4 Å². The quantitative estimate of drug-likeness (QED) is 0.718. The highest BCUT2D eigenvalue weighted by molar-refractivity contribution is 6.21. The average molecular weight is 224 g/mol. The van der Waals surface area contributed by atoms with Crippen molar-refractivity contribution in [3.8, 4) is 0 Å². The van der Waals surface area contributed by atoms with Gasteiger partial charge in [-0.15, -0.1) is 0 Å². The number of carbonyl (C=O) groups is 2. The molecule has 0 saturated carbocycles. The number of rotatable bonds is 2. The molecule has 0 unspecified atom stereocenters. The van der Waals surface area contributed by atoms with Crippen molar-refractivity contribution >= 4 is 11.8 Å². The van der Waals surface area contributed by atoms with E-state index >= 15 is 0 Å². The Bertz CT molecular complexity index is 430. The third kappa shape index (κ3) is 1.68. The lowest BCUT2D eigenvalue weighted by atomic mass is 10.1. The molecule has 1 radical (unpaired) electrons. The molecule has 1 aliphatic heterocycles. The van der Waals surface area contributed by atoms with Gasteiger partial charge in [0.1, 0.15) is 0 Å². The van der Waals surface area contributed by atoms with Gasteiger partial charge < -0.3 is 0 Å². The highest BCUT2D eigenvalue weighted by Gasteiger charge is 2.39. The fourth-order valence-electron chi connectivity index (χ4n) is 1.61. The standard InChI is InChI=1S/C11H8F2NO2/c1-11(12,13)6-14-9(15)7-4-2-3-5-8(7)10(14)16/h2-5H,1,6H2. The van der Waals surface area contributed by atoms with Crippen LogP contribution in [0.5, 0.6) is 0 Å². The second-order valence-electron chi connectivity index (χ2n) is 3.60. The van der Waals surface area contributed by atoms with Crippen molar-refractivity contribution in [3.63, 3.8) is 0 Å². The van der Waals surface area contributed by atoms with E-state index in [1.165, 1.54) is 12.1 Å². The summed E-state index contributed by atoms with van der Waals surface area (Å²) in [5.74, 6) is -4.71. The zero-order chi connectivity index (χ0) is 11.9. The minimum absolute atomic E-state index is 0.164. The molecule has 1 aromatic carbocycles. The lowest BCUT2D eigenvalue weighted by Crippen LogP contribution is -2.39. The van der Waals surface area contributed by atoms with Gasteiger partial charge in [0, 0.05) is 6.92 Å². The number of carbonyl (C=O) groups excluding carboxylic acids is 2. The number of alkyl halides is 2. The van der Waals surface area contributed by atoms with Crippen molar-refractivity contribution in [2.45, 2.75) is 5.92 Å². The Labute approximate surface area is 90.7 Å². The van der Waals surface area contributed by atoms with Crippen LogP contribution in [0.25, 0.3) is 0 Å². The molecule has 3 nitrogen and oxygen atoms in total. The third-order valence-corrected chi connectivity index (χ3v) is 2.27. The normalized spacial score (nSPS) is 15.6. The zero-order valence-electron chi connectivity index (χ0n) is 8.24. The summed E-state index contributed by atoms with van der Waals surface area (Å²) in [6, 6.07) is 6.04. The largest absolute Gasteiger partial charge is 0.269 e. The Morgan fingerprint density at radius 3 is 1.94 bits per heavy atom. The maximum atomic E-state index is 12.7. The van der Waals surface area contributed by atoms with E-state index in [0.717, 1.165) is 0 Å². The van der Waals surface area contributed by atoms with Crippen LogP contribution in [0.2, 0.25) is 0 Å². The predicted molar refractivity (Wildman–Crippen MR) is 52.1 cm³/mol. The van der Waals surface area contributed by atoms with E-state index in [0.29, 0.717) is 4.90 Å². The summed E-state index contributed by atoms with van der Waals surface area (Å²) in [5.41, 5.74) is 0.327. The van der Waals surface area contributed by atoms with Gasteiger partial charge in [0.05, 0.1) is 17.7 Å². The number of hydrogen-bond donors (Lipinski definition) is 0. The fraction of sp³-hybridized carbons (Fsp3) is 0.182. The summed E-state index contributed by atoms with van der Waals surface area (Å²) in [5, 5.41) is 0. The minimum atomic E-state index is -3.33. The Balaban J connectivity index is 2.36. The van der Waals surface area contributed by atoms with Crippen molar-refractivity contribution in [3.05, 3.63) is 42.3 Å². The molecule has 2 rings (SSSR count). The van der Waals surface area contributed by atoms with Crippen molar-refractivity contribution in [2.75, 3.05) is 6.54 Å². The van der Waals surface area contributed by atoms with Gasteiger partial charge in [-0.25, -0.2) is 8.78 Å². The van der Waals surface area contributed by atoms with Crippen LogP contribution in [-0.2, 0) is 0 Å². The topological polar surface area (TPSA) is 37.4 Å². The molecule has 0 aromatic heterocycles. The maximum absolute atomic E-state index is 12.7. The lowest BCUT2D eigenvalue weighted by molar-refractivity contribution is 0.0133. The number of nitrogens with zero attached hydrogens (tertiary/aromatic N) is 1. The maximum Gasteiger partial charge on any atom is 0.266 e. The van der Waals surface area contributed by atoms with Crippen LogP contribution in [0, 0.1) is 6.92 Å². The van der Waals surface area contributed by atoms with Crippen LogP contribution in [0.4, 0.5) is 8.78 Å². The molecule has 0 fully saturated rings. The number of benzene rings is 1. The summed E-state index contributed by atoms with van der Waals surface area (Å²) in [6.45, 7) is 1.60. The van der Waals surface area contributed by atoms with Gasteiger partial charge in [-0.05, 0) is 12.1 Å². The molecule has 83 valence electrons. The molecule has 0 bridgehead atoms. The highest BCUT2D eigenvalue weighted by Crippen LogP contribution is 2.25. The van der Waals surface area contributed by atoms with Crippen LogP contribution in [0.15, 0.2) is 24.3 Å². The first-order valence-corrected chi connectivity index (χ1v) is 4.58. The number of fused-ring (bicyclic) bond motifs is 1. The van der Waals surface area contributed by atoms with Gasteiger partial charge in [-0.1, -0.05) is 12.1 Å². The van der Waals surface area contributed by atoms with E-state index in [-0.39, 0.29) is 11.1 Å². The summed E-state index contributed by atoms with van der Waals surface area (Å²) in [7, 11) is 0. The Morgan fingerprint density at radius 2 is 1.56 bits per heavy atom. The highest BCUT2D eigenvalue weighted by atomic mass is 19.3. The summed E-state index contributed by atoms with van der Waals surface area (Å²) in [4.78, 5) is 23.8. The summed E-state index contributed by atoms with van der Waals surface area (Å²) in [6.07, 6.45) is 0. The molecule has 1 heterocycles. The van der Waals surface area contributed by atoms with E-state index in [4.69, 9.17) is 0 Å². The van der Waals surface area contributed by atoms with E-state index in [2.05, 4.69) is 6.92 Å². The predicted octanol–water partition coefficient (Wildman–Crippen LogP) is 1.75. The van der Waals surface area contributed by atoms with Crippen LogP contribution < -0.4 is 0 Å². The molecule has 0 N–H and O–H groups in total. The van der Waals surface area contributed by atoms with Crippen molar-refractivity contribution in [1.29, 1.82) is 0 Å². The van der Waals surface area contributed by atoms with E-state index in [1.54, 1.807) is 12.1 Å². The number of imide groups is 1. The first-order chi connectivity index (χ1) is 7.40. The molecule has 16 heavy (non-hydrogen) atoms. The summed E-state index contributed by atoms with van der Waals surface area (Å²) >= 11 is 0. The van der Waals surface area contributed by atoms with Gasteiger partial charge >= 0.3 is 0 Å². The van der Waals surface area contributed by atoms with Gasteiger partial charge in [-0.2, -0.15) is 0 Å². The van der Waals surface area contributed by atoms with Crippen molar-refractivity contribution in [1.82, 2.24) is 4.90 Å². The Morgan fingerprint density at radius 1 is 1.12 bits per heavy atom.